The Labute approximate surface area is 96.9 Å². The molecule has 0 fully saturated rings. The molecule has 0 bridgehead atoms. The van der Waals surface area contributed by atoms with Crippen molar-refractivity contribution in [2.75, 3.05) is 0 Å². The van der Waals surface area contributed by atoms with Crippen LogP contribution in [-0.2, 0) is 0 Å². The smallest absolute Gasteiger partial charge is 1.00 e. The summed E-state index contributed by atoms with van der Waals surface area (Å²) in [7, 11) is -2.17. The van der Waals surface area contributed by atoms with Gasteiger partial charge in [-0.05, 0) is 0 Å². The van der Waals surface area contributed by atoms with Crippen molar-refractivity contribution in [1.82, 2.24) is 0 Å². The summed E-state index contributed by atoms with van der Waals surface area (Å²) >= 11 is 0. The molecule has 6 heavy (non-hydrogen) atoms. The maximum absolute atomic E-state index is 7.17. The molecule has 0 aliphatic carbocycles. The summed E-state index contributed by atoms with van der Waals surface area (Å²) in [4.78, 5) is 0. The van der Waals surface area contributed by atoms with Gasteiger partial charge in [0, 0.05) is 35.6 Å². The summed E-state index contributed by atoms with van der Waals surface area (Å²) in [6.45, 7) is 0. The van der Waals surface area contributed by atoms with E-state index in [1.807, 2.05) is 0 Å². The maximum Gasteiger partial charge on any atom is 2.00 e. The van der Waals surface area contributed by atoms with Gasteiger partial charge in [0.05, 0.1) is 0 Å². The van der Waals surface area contributed by atoms with Gasteiger partial charge in [-0.15, -0.1) is 0 Å². The Balaban J connectivity index is -0.00000000750. The Morgan fingerprint density at radius 2 is 1.17 bits per heavy atom. The van der Waals surface area contributed by atoms with Gasteiger partial charge >= 0.3 is 45.1 Å². The molecular weight excluding hydrogens is 238 g/mol. The Morgan fingerprint density at radius 1 is 1.17 bits per heavy atom. The standard InChI is InChI=1S/BH3O3.Ca.La.2H/c2-1(3)4;;;;/h2-4H;;;;/q;+2;;2*-1. The van der Waals surface area contributed by atoms with Crippen LogP contribution in [-0.4, -0.2) is 60.1 Å². The van der Waals surface area contributed by atoms with Gasteiger partial charge in [-0.1, -0.05) is 0 Å². The van der Waals surface area contributed by atoms with Gasteiger partial charge in [0.2, 0.25) is 0 Å². The van der Waals surface area contributed by atoms with E-state index in [0.29, 0.717) is 0 Å². The molecule has 0 unspecified atom stereocenters. The topological polar surface area (TPSA) is 60.7 Å². The average molecular weight is 243 g/mol. The summed E-state index contributed by atoms with van der Waals surface area (Å²) in [5.74, 6) is 0. The summed E-state index contributed by atoms with van der Waals surface area (Å²) in [5.41, 5.74) is 0. The van der Waals surface area contributed by atoms with Crippen LogP contribution in [0.4, 0.5) is 0 Å². The van der Waals surface area contributed by atoms with Gasteiger partial charge < -0.3 is 17.9 Å². The van der Waals surface area contributed by atoms with E-state index in [1.165, 1.54) is 0 Å². The summed E-state index contributed by atoms with van der Waals surface area (Å²) in [6.07, 6.45) is 0. The quantitative estimate of drug-likeness (QED) is 0.423. The van der Waals surface area contributed by atoms with Gasteiger partial charge in [0.25, 0.3) is 0 Å². The van der Waals surface area contributed by atoms with Gasteiger partial charge in [-0.25, -0.2) is 0 Å². The monoisotopic (exact) mass is 243 g/mol. The van der Waals surface area contributed by atoms with Crippen LogP contribution in [0.15, 0.2) is 0 Å². The third-order valence-corrected chi connectivity index (χ3v) is 0. The molecule has 0 rings (SSSR count). The van der Waals surface area contributed by atoms with E-state index < -0.39 is 7.32 Å². The van der Waals surface area contributed by atoms with Crippen LogP contribution in [0.25, 0.3) is 0 Å². The summed E-state index contributed by atoms with van der Waals surface area (Å²) < 4.78 is 0. The summed E-state index contributed by atoms with van der Waals surface area (Å²) in [6, 6.07) is 0. The zero-order valence-corrected chi connectivity index (χ0v) is 9.04. The Morgan fingerprint density at radius 3 is 1.17 bits per heavy atom. The largest absolute Gasteiger partial charge is 2.00 e. The Hall–Kier alpha value is 2.40. The van der Waals surface area contributed by atoms with Gasteiger partial charge in [0.1, 0.15) is 0 Å². The molecule has 0 spiro atoms. The maximum atomic E-state index is 7.17. The zero-order chi connectivity index (χ0) is 3.58. The SMILES string of the molecule is OB(O)O.[Ca+2].[H-].[H-].[La]. The molecule has 0 heterocycles. The fourth-order valence-electron chi connectivity index (χ4n) is 0. The van der Waals surface area contributed by atoms with Crippen LogP contribution in [0.5, 0.6) is 0 Å². The van der Waals surface area contributed by atoms with Crippen LogP contribution < -0.4 is 0 Å². The van der Waals surface area contributed by atoms with Crippen molar-refractivity contribution < 1.29 is 53.5 Å². The number of hydrogen-bond acceptors (Lipinski definition) is 3. The predicted molar refractivity (Wildman–Crippen MR) is 20.4 cm³/mol. The normalized spacial score (nSPS) is 4.50. The first-order chi connectivity index (χ1) is 1.73. The fourth-order valence-corrected chi connectivity index (χ4v) is 0. The molecule has 0 amide bonds. The first-order valence-electron chi connectivity index (χ1n) is 0.775. The van der Waals surface area contributed by atoms with Crippen LogP contribution >= 0.6 is 0 Å². The predicted octanol–water partition coefficient (Wildman–Crippen LogP) is -2.21. The van der Waals surface area contributed by atoms with Crippen LogP contribution in [0.3, 0.4) is 0 Å². The Kier molecular flexibility index (Phi) is 27.3. The third kappa shape index (κ3) is 32.4. The van der Waals surface area contributed by atoms with E-state index in [4.69, 9.17) is 15.1 Å². The second kappa shape index (κ2) is 10.4. The molecule has 0 atom stereocenters. The first kappa shape index (κ1) is 15.8. The van der Waals surface area contributed by atoms with E-state index >= 15 is 0 Å². The molecule has 1 radical (unpaired) electrons. The Bertz CT molecular complexity index is 22.0. The second-order valence-electron chi connectivity index (χ2n) is 0.346. The molecule has 3 N–H and O–H groups in total. The zero-order valence-electron chi connectivity index (χ0n) is 5.20. The molecule has 3 nitrogen and oxygen atoms in total. The van der Waals surface area contributed by atoms with E-state index in [-0.39, 0.29) is 76.2 Å². The molecule has 0 aliphatic heterocycles. The van der Waals surface area contributed by atoms with E-state index in [2.05, 4.69) is 0 Å². The van der Waals surface area contributed by atoms with Crippen LogP contribution in [0.1, 0.15) is 2.85 Å². The average Bonchev–Trinajstić information content (AvgIpc) is 0.811. The molecule has 0 aliphatic rings. The third-order valence-electron chi connectivity index (χ3n) is 0. The molecule has 6 heteroatoms. The molecule has 31 valence electrons. The van der Waals surface area contributed by atoms with E-state index in [9.17, 15) is 0 Å². The minimum absolute atomic E-state index is 0. The van der Waals surface area contributed by atoms with Crippen LogP contribution in [0, 0.1) is 35.6 Å². The van der Waals surface area contributed by atoms with Crippen molar-refractivity contribution in [1.29, 1.82) is 0 Å². The minimum atomic E-state index is -2.17. The van der Waals surface area contributed by atoms with Gasteiger partial charge in [-0.2, -0.15) is 0 Å². The van der Waals surface area contributed by atoms with Crippen molar-refractivity contribution >= 4 is 45.1 Å². The molecular formula is H5BCaLaO3. The van der Waals surface area contributed by atoms with Crippen molar-refractivity contribution in [3.63, 3.8) is 0 Å². The van der Waals surface area contributed by atoms with Gasteiger partial charge in [-0.3, -0.25) is 0 Å². The molecule has 0 aromatic heterocycles. The van der Waals surface area contributed by atoms with Gasteiger partial charge in [0.15, 0.2) is 0 Å². The van der Waals surface area contributed by atoms with Crippen molar-refractivity contribution in [2.45, 2.75) is 0 Å². The molecule has 0 aromatic carbocycles. The van der Waals surface area contributed by atoms with Crippen molar-refractivity contribution in [3.8, 4) is 0 Å². The number of rotatable bonds is 0. The molecule has 0 aromatic rings. The van der Waals surface area contributed by atoms with E-state index in [1.54, 1.807) is 0 Å². The van der Waals surface area contributed by atoms with Crippen molar-refractivity contribution in [3.05, 3.63) is 0 Å². The summed E-state index contributed by atoms with van der Waals surface area (Å²) in [5, 5.41) is 21.5. The molecule has 0 saturated heterocycles. The molecule has 0 saturated carbocycles. The van der Waals surface area contributed by atoms with Crippen molar-refractivity contribution in [2.24, 2.45) is 0 Å². The first-order valence-corrected chi connectivity index (χ1v) is 0.775. The second-order valence-corrected chi connectivity index (χ2v) is 0.346. The number of hydrogen-bond donors (Lipinski definition) is 3. The van der Waals surface area contributed by atoms with E-state index in [0.717, 1.165) is 0 Å². The minimum Gasteiger partial charge on any atom is -1.00 e. The fraction of sp³-hybridized carbons (Fsp3) is 0. The van der Waals surface area contributed by atoms with Crippen LogP contribution in [0.2, 0.25) is 0 Å².